The molecule has 2 rings (SSSR count). The third-order valence-electron chi connectivity index (χ3n) is 2.78. The van der Waals surface area contributed by atoms with E-state index in [9.17, 15) is 4.79 Å². The summed E-state index contributed by atoms with van der Waals surface area (Å²) in [6.45, 7) is 2.55. The van der Waals surface area contributed by atoms with Crippen LogP contribution in [0.25, 0.3) is 0 Å². The lowest BCUT2D eigenvalue weighted by Gasteiger charge is -2.07. The molecule has 1 aromatic carbocycles. The van der Waals surface area contributed by atoms with Gasteiger partial charge in [-0.1, -0.05) is 0 Å². The van der Waals surface area contributed by atoms with Gasteiger partial charge in [0.25, 0.3) is 0 Å². The Labute approximate surface area is 123 Å². The van der Waals surface area contributed by atoms with Crippen LogP contribution in [-0.4, -0.2) is 22.5 Å². The van der Waals surface area contributed by atoms with Crippen LogP contribution in [0.3, 0.4) is 0 Å². The number of aryl methyl sites for hydroxylation is 1. The quantitative estimate of drug-likeness (QED) is 0.784. The Morgan fingerprint density at radius 3 is 2.67 bits per heavy atom. The molecular formula is C15H18N4O2. The number of aromatic nitrogens is 2. The molecule has 0 saturated heterocycles. The van der Waals surface area contributed by atoms with Crippen molar-refractivity contribution >= 4 is 11.6 Å². The van der Waals surface area contributed by atoms with Gasteiger partial charge in [-0.05, 0) is 31.2 Å². The van der Waals surface area contributed by atoms with Crippen LogP contribution >= 0.6 is 0 Å². The van der Waals surface area contributed by atoms with E-state index < -0.39 is 0 Å². The van der Waals surface area contributed by atoms with Crippen molar-refractivity contribution in [3.63, 3.8) is 0 Å². The Balaban J connectivity index is 1.67. The summed E-state index contributed by atoms with van der Waals surface area (Å²) in [7, 11) is 0. The first-order chi connectivity index (χ1) is 10.1. The van der Waals surface area contributed by atoms with Crippen molar-refractivity contribution in [2.75, 3.05) is 12.3 Å². The monoisotopic (exact) mass is 286 g/mol. The lowest BCUT2D eigenvalue weighted by Crippen LogP contribution is -2.25. The molecule has 0 bridgehead atoms. The Morgan fingerprint density at radius 2 is 2.00 bits per heavy atom. The average Bonchev–Trinajstić information content (AvgIpc) is 2.49. The number of amides is 1. The zero-order chi connectivity index (χ0) is 15.1. The lowest BCUT2D eigenvalue weighted by atomic mass is 10.3. The maximum absolute atomic E-state index is 11.7. The maximum atomic E-state index is 11.7. The van der Waals surface area contributed by atoms with Gasteiger partial charge in [-0.2, -0.15) is 0 Å². The Morgan fingerprint density at radius 1 is 1.24 bits per heavy atom. The van der Waals surface area contributed by atoms with Crippen LogP contribution in [0.2, 0.25) is 0 Å². The number of anilines is 1. The molecule has 0 unspecified atom stereocenters. The Hall–Kier alpha value is -2.63. The molecule has 6 nitrogen and oxygen atoms in total. The number of ether oxygens (including phenoxy) is 1. The largest absolute Gasteiger partial charge is 0.493 e. The molecule has 0 saturated carbocycles. The van der Waals surface area contributed by atoms with Gasteiger partial charge < -0.3 is 15.8 Å². The molecule has 1 heterocycles. The fourth-order valence-electron chi connectivity index (χ4n) is 1.61. The number of nitrogens with zero attached hydrogens (tertiary/aromatic N) is 2. The molecule has 0 atom stereocenters. The van der Waals surface area contributed by atoms with E-state index in [4.69, 9.17) is 10.5 Å². The van der Waals surface area contributed by atoms with Gasteiger partial charge in [0.1, 0.15) is 5.75 Å². The number of hydrogen-bond donors (Lipinski definition) is 2. The minimum absolute atomic E-state index is 0.0900. The second-order valence-electron chi connectivity index (χ2n) is 4.59. The van der Waals surface area contributed by atoms with Crippen molar-refractivity contribution in [2.24, 2.45) is 0 Å². The molecular weight excluding hydrogens is 268 g/mol. The van der Waals surface area contributed by atoms with Gasteiger partial charge in [-0.3, -0.25) is 14.8 Å². The minimum atomic E-state index is -0.0900. The summed E-state index contributed by atoms with van der Waals surface area (Å²) in [4.78, 5) is 20.0. The number of nitrogens with one attached hydrogen (secondary N) is 1. The SMILES string of the molecule is Cc1cnc(CNC(=O)CCOc2ccc(N)cc2)cn1. The first kappa shape index (κ1) is 14.8. The highest BCUT2D eigenvalue weighted by atomic mass is 16.5. The number of carbonyl (C=O) groups is 1. The molecule has 3 N–H and O–H groups in total. The number of hydrogen-bond acceptors (Lipinski definition) is 5. The normalized spacial score (nSPS) is 10.1. The second kappa shape index (κ2) is 7.23. The number of nitrogen functional groups attached to an aromatic ring is 1. The van der Waals surface area contributed by atoms with E-state index in [2.05, 4.69) is 15.3 Å². The summed E-state index contributed by atoms with van der Waals surface area (Å²) in [5, 5.41) is 2.77. The van der Waals surface area contributed by atoms with Gasteiger partial charge in [0.15, 0.2) is 0 Å². The summed E-state index contributed by atoms with van der Waals surface area (Å²) in [6, 6.07) is 7.06. The van der Waals surface area contributed by atoms with E-state index >= 15 is 0 Å². The molecule has 21 heavy (non-hydrogen) atoms. The lowest BCUT2D eigenvalue weighted by molar-refractivity contribution is -0.121. The standard InChI is InChI=1S/C15H18N4O2/c1-11-8-18-13(9-17-11)10-19-15(20)6-7-21-14-4-2-12(16)3-5-14/h2-5,8-9H,6-7,10,16H2,1H3,(H,19,20). The van der Waals surface area contributed by atoms with Crippen molar-refractivity contribution in [3.8, 4) is 5.75 Å². The number of benzene rings is 1. The average molecular weight is 286 g/mol. The number of nitrogens with two attached hydrogens (primary N) is 1. The van der Waals surface area contributed by atoms with Gasteiger partial charge in [0.05, 0.1) is 37.2 Å². The van der Waals surface area contributed by atoms with Crippen LogP contribution in [0, 0.1) is 6.92 Å². The van der Waals surface area contributed by atoms with Crippen LogP contribution in [-0.2, 0) is 11.3 Å². The van der Waals surface area contributed by atoms with E-state index in [0.717, 1.165) is 11.4 Å². The van der Waals surface area contributed by atoms with Gasteiger partial charge >= 0.3 is 0 Å². The highest BCUT2D eigenvalue weighted by molar-refractivity contribution is 5.75. The van der Waals surface area contributed by atoms with E-state index in [1.165, 1.54) is 0 Å². The van der Waals surface area contributed by atoms with Crippen molar-refractivity contribution in [1.82, 2.24) is 15.3 Å². The van der Waals surface area contributed by atoms with Crippen LogP contribution < -0.4 is 15.8 Å². The van der Waals surface area contributed by atoms with Crippen molar-refractivity contribution < 1.29 is 9.53 Å². The molecule has 0 spiro atoms. The van der Waals surface area contributed by atoms with Crippen LogP contribution in [0.15, 0.2) is 36.7 Å². The van der Waals surface area contributed by atoms with Crippen LogP contribution in [0.1, 0.15) is 17.8 Å². The summed E-state index contributed by atoms with van der Waals surface area (Å²) in [5.41, 5.74) is 7.84. The minimum Gasteiger partial charge on any atom is -0.493 e. The van der Waals surface area contributed by atoms with Gasteiger partial charge in [-0.25, -0.2) is 0 Å². The van der Waals surface area contributed by atoms with Crippen molar-refractivity contribution in [1.29, 1.82) is 0 Å². The number of rotatable bonds is 6. The molecule has 1 amide bonds. The molecule has 1 aromatic heterocycles. The van der Waals surface area contributed by atoms with Crippen LogP contribution in [0.5, 0.6) is 5.75 Å². The maximum Gasteiger partial charge on any atom is 0.223 e. The summed E-state index contributed by atoms with van der Waals surface area (Å²) < 4.78 is 5.46. The molecule has 0 fully saturated rings. The third-order valence-corrected chi connectivity index (χ3v) is 2.78. The third kappa shape index (κ3) is 5.10. The first-order valence-electron chi connectivity index (χ1n) is 6.66. The summed E-state index contributed by atoms with van der Waals surface area (Å²) in [5.74, 6) is 0.606. The van der Waals surface area contributed by atoms with Crippen molar-refractivity contribution in [2.45, 2.75) is 19.9 Å². The predicted molar refractivity (Wildman–Crippen MR) is 79.6 cm³/mol. The highest BCUT2D eigenvalue weighted by Gasteiger charge is 2.03. The van der Waals surface area contributed by atoms with E-state index in [1.54, 1.807) is 36.7 Å². The predicted octanol–water partition coefficient (Wildman–Crippen LogP) is 1.45. The Kier molecular flexibility index (Phi) is 5.09. The zero-order valence-corrected chi connectivity index (χ0v) is 11.9. The second-order valence-corrected chi connectivity index (χ2v) is 4.59. The first-order valence-corrected chi connectivity index (χ1v) is 6.66. The molecule has 2 aromatic rings. The van der Waals surface area contributed by atoms with E-state index in [1.807, 2.05) is 6.92 Å². The smallest absolute Gasteiger partial charge is 0.223 e. The summed E-state index contributed by atoms with van der Waals surface area (Å²) >= 11 is 0. The molecule has 0 radical (unpaired) electrons. The number of carbonyl (C=O) groups excluding carboxylic acids is 1. The zero-order valence-electron chi connectivity index (χ0n) is 11.9. The molecule has 6 heteroatoms. The van der Waals surface area contributed by atoms with Gasteiger partial charge in [0, 0.05) is 11.9 Å². The fourth-order valence-corrected chi connectivity index (χ4v) is 1.61. The van der Waals surface area contributed by atoms with Crippen molar-refractivity contribution in [3.05, 3.63) is 48.0 Å². The van der Waals surface area contributed by atoms with E-state index in [0.29, 0.717) is 24.6 Å². The van der Waals surface area contributed by atoms with Crippen LogP contribution in [0.4, 0.5) is 5.69 Å². The molecule has 110 valence electrons. The fraction of sp³-hybridized carbons (Fsp3) is 0.267. The summed E-state index contributed by atoms with van der Waals surface area (Å²) in [6.07, 6.45) is 3.61. The molecule has 0 aliphatic rings. The highest BCUT2D eigenvalue weighted by Crippen LogP contribution is 2.13. The topological polar surface area (TPSA) is 90.1 Å². The molecule has 0 aliphatic heterocycles. The van der Waals surface area contributed by atoms with Gasteiger partial charge in [0.2, 0.25) is 5.91 Å². The van der Waals surface area contributed by atoms with E-state index in [-0.39, 0.29) is 12.3 Å². The molecule has 0 aliphatic carbocycles. The van der Waals surface area contributed by atoms with Gasteiger partial charge in [-0.15, -0.1) is 0 Å². The Bertz CT molecular complexity index is 582.